The van der Waals surface area contributed by atoms with Gasteiger partial charge in [0.25, 0.3) is 0 Å². The highest BCUT2D eigenvalue weighted by molar-refractivity contribution is 14.1. The van der Waals surface area contributed by atoms with Gasteiger partial charge in [-0.2, -0.15) is 0 Å². The molecule has 0 aliphatic rings. The summed E-state index contributed by atoms with van der Waals surface area (Å²) in [5, 5.41) is 0. The fraction of sp³-hybridized carbons (Fsp3) is 0.364. The molecule has 0 aliphatic carbocycles. The monoisotopic (exact) mass is 303 g/mol. The Labute approximate surface area is 98.8 Å². The zero-order chi connectivity index (χ0) is 10.4. The molecule has 0 fully saturated rings. The van der Waals surface area contributed by atoms with Gasteiger partial charge in [-0.1, -0.05) is 37.3 Å². The van der Waals surface area contributed by atoms with E-state index >= 15 is 0 Å². The lowest BCUT2D eigenvalue weighted by atomic mass is 10.2. The van der Waals surface area contributed by atoms with E-state index in [9.17, 15) is 4.79 Å². The third-order valence-electron chi connectivity index (χ3n) is 1.90. The molecule has 0 N–H and O–H groups in total. The Morgan fingerprint density at radius 2 is 2.00 bits per heavy atom. The van der Waals surface area contributed by atoms with Crippen LogP contribution in [0.2, 0.25) is 0 Å². The van der Waals surface area contributed by atoms with E-state index in [-0.39, 0.29) is 5.91 Å². The first kappa shape index (κ1) is 11.5. The van der Waals surface area contributed by atoms with Gasteiger partial charge in [-0.25, -0.2) is 0 Å². The number of carbonyl (C=O) groups excluding carboxylic acids is 1. The van der Waals surface area contributed by atoms with Crippen LogP contribution in [-0.2, 0) is 11.3 Å². The molecule has 76 valence electrons. The van der Waals surface area contributed by atoms with Gasteiger partial charge in [-0.15, -0.1) is 0 Å². The van der Waals surface area contributed by atoms with Gasteiger partial charge in [0, 0.05) is 6.42 Å². The second-order valence-electron chi connectivity index (χ2n) is 3.15. The maximum atomic E-state index is 11.5. The second-order valence-corrected chi connectivity index (χ2v) is 4.31. The highest BCUT2D eigenvalue weighted by Gasteiger charge is 2.08. The van der Waals surface area contributed by atoms with Gasteiger partial charge in [0.15, 0.2) is 0 Å². The van der Waals surface area contributed by atoms with Crippen molar-refractivity contribution in [3.63, 3.8) is 0 Å². The number of rotatable bonds is 4. The van der Waals surface area contributed by atoms with Gasteiger partial charge >= 0.3 is 0 Å². The third-order valence-corrected chi connectivity index (χ3v) is 2.78. The minimum Gasteiger partial charge on any atom is -0.281 e. The Balaban J connectivity index is 2.49. The van der Waals surface area contributed by atoms with E-state index in [2.05, 4.69) is 22.9 Å². The third kappa shape index (κ3) is 3.65. The molecule has 3 heteroatoms. The molecule has 0 saturated carbocycles. The van der Waals surface area contributed by atoms with E-state index in [4.69, 9.17) is 0 Å². The van der Waals surface area contributed by atoms with Gasteiger partial charge in [-0.05, 0) is 12.0 Å². The SMILES string of the molecule is CCCC(=O)N(I)Cc1ccccc1. The zero-order valence-corrected chi connectivity index (χ0v) is 10.4. The van der Waals surface area contributed by atoms with E-state index < -0.39 is 0 Å². The highest BCUT2D eigenvalue weighted by atomic mass is 127. The summed E-state index contributed by atoms with van der Waals surface area (Å²) in [6, 6.07) is 10.0. The summed E-state index contributed by atoms with van der Waals surface area (Å²) >= 11 is 2.08. The minimum absolute atomic E-state index is 0.206. The van der Waals surface area contributed by atoms with Crippen LogP contribution < -0.4 is 0 Å². The van der Waals surface area contributed by atoms with Gasteiger partial charge in [0.2, 0.25) is 5.91 Å². The first-order valence-electron chi connectivity index (χ1n) is 4.74. The van der Waals surface area contributed by atoms with Crippen LogP contribution in [-0.4, -0.2) is 9.02 Å². The number of carbonyl (C=O) groups is 1. The Bertz CT molecular complexity index is 287. The molecule has 0 saturated heterocycles. The van der Waals surface area contributed by atoms with Crippen LogP contribution in [0.3, 0.4) is 0 Å². The molecule has 0 aromatic heterocycles. The van der Waals surface area contributed by atoms with Crippen molar-refractivity contribution in [1.82, 2.24) is 3.11 Å². The zero-order valence-electron chi connectivity index (χ0n) is 8.24. The predicted octanol–water partition coefficient (Wildman–Crippen LogP) is 3.17. The van der Waals surface area contributed by atoms with Crippen molar-refractivity contribution in [3.05, 3.63) is 35.9 Å². The summed E-state index contributed by atoms with van der Waals surface area (Å²) in [5.41, 5.74) is 1.17. The molecule has 0 bridgehead atoms. The van der Waals surface area contributed by atoms with E-state index in [0.29, 0.717) is 13.0 Å². The molecule has 0 unspecified atom stereocenters. The van der Waals surface area contributed by atoms with Crippen LogP contribution in [0.4, 0.5) is 0 Å². The maximum absolute atomic E-state index is 11.5. The molecule has 14 heavy (non-hydrogen) atoms. The largest absolute Gasteiger partial charge is 0.281 e. The topological polar surface area (TPSA) is 20.3 Å². The average Bonchev–Trinajstić information content (AvgIpc) is 2.19. The Morgan fingerprint density at radius 1 is 1.36 bits per heavy atom. The molecule has 0 radical (unpaired) electrons. The standard InChI is InChI=1S/C11H14INO/c1-2-6-11(14)13(12)9-10-7-4-3-5-8-10/h3-5,7-8H,2,6,9H2,1H3. The van der Waals surface area contributed by atoms with Gasteiger partial charge in [0.05, 0.1) is 29.4 Å². The lowest BCUT2D eigenvalue weighted by molar-refractivity contribution is -0.125. The summed E-state index contributed by atoms with van der Waals surface area (Å²) in [5.74, 6) is 0.206. The Hall–Kier alpha value is -0.580. The first-order valence-corrected chi connectivity index (χ1v) is 5.70. The molecular weight excluding hydrogens is 289 g/mol. The van der Waals surface area contributed by atoms with E-state index in [1.54, 1.807) is 3.11 Å². The molecule has 0 atom stereocenters. The second kappa shape index (κ2) is 6.01. The van der Waals surface area contributed by atoms with Crippen molar-refractivity contribution in [3.8, 4) is 0 Å². The number of benzene rings is 1. The number of hydrogen-bond donors (Lipinski definition) is 0. The summed E-state index contributed by atoms with van der Waals surface area (Å²) in [6.07, 6.45) is 1.54. The predicted molar refractivity (Wildman–Crippen MR) is 65.9 cm³/mol. The quantitative estimate of drug-likeness (QED) is 0.618. The lowest BCUT2D eigenvalue weighted by Crippen LogP contribution is -2.19. The van der Waals surface area contributed by atoms with Crippen LogP contribution in [0.5, 0.6) is 0 Å². The number of nitrogens with zero attached hydrogens (tertiary/aromatic N) is 1. The number of amides is 1. The first-order chi connectivity index (χ1) is 6.74. The number of hydrogen-bond acceptors (Lipinski definition) is 1. The highest BCUT2D eigenvalue weighted by Crippen LogP contribution is 2.11. The van der Waals surface area contributed by atoms with Crippen LogP contribution in [0, 0.1) is 0 Å². The normalized spacial score (nSPS) is 9.86. The Kier molecular flexibility index (Phi) is 4.93. The fourth-order valence-corrected chi connectivity index (χ4v) is 1.80. The van der Waals surface area contributed by atoms with Gasteiger partial charge in [-0.3, -0.25) is 7.91 Å². The smallest absolute Gasteiger partial charge is 0.231 e. The van der Waals surface area contributed by atoms with Crippen LogP contribution >= 0.6 is 22.9 Å². The van der Waals surface area contributed by atoms with Crippen LogP contribution in [0.25, 0.3) is 0 Å². The number of halogens is 1. The van der Waals surface area contributed by atoms with Crippen molar-refractivity contribution >= 4 is 28.8 Å². The molecule has 0 spiro atoms. The van der Waals surface area contributed by atoms with Crippen LogP contribution in [0.15, 0.2) is 30.3 Å². The molecule has 1 aromatic carbocycles. The van der Waals surface area contributed by atoms with Gasteiger partial charge < -0.3 is 0 Å². The average molecular weight is 303 g/mol. The van der Waals surface area contributed by atoms with E-state index in [1.807, 2.05) is 37.3 Å². The summed E-state index contributed by atoms with van der Waals surface area (Å²) in [6.45, 7) is 2.71. The molecule has 0 aliphatic heterocycles. The van der Waals surface area contributed by atoms with E-state index in [0.717, 1.165) is 6.42 Å². The maximum Gasteiger partial charge on any atom is 0.231 e. The van der Waals surface area contributed by atoms with Crippen molar-refractivity contribution in [2.24, 2.45) is 0 Å². The molecule has 1 amide bonds. The van der Waals surface area contributed by atoms with Gasteiger partial charge in [0.1, 0.15) is 0 Å². The fourth-order valence-electron chi connectivity index (χ4n) is 1.17. The summed E-state index contributed by atoms with van der Waals surface area (Å²) in [4.78, 5) is 11.5. The van der Waals surface area contributed by atoms with E-state index in [1.165, 1.54) is 5.56 Å². The lowest BCUT2D eigenvalue weighted by Gasteiger charge is -2.13. The van der Waals surface area contributed by atoms with Crippen molar-refractivity contribution in [2.75, 3.05) is 0 Å². The van der Waals surface area contributed by atoms with Crippen molar-refractivity contribution in [1.29, 1.82) is 0 Å². The molecule has 1 aromatic rings. The summed E-state index contributed by atoms with van der Waals surface area (Å²) in [7, 11) is 0. The molecule has 1 rings (SSSR count). The van der Waals surface area contributed by atoms with Crippen molar-refractivity contribution in [2.45, 2.75) is 26.3 Å². The Morgan fingerprint density at radius 3 is 2.57 bits per heavy atom. The summed E-state index contributed by atoms with van der Waals surface area (Å²) < 4.78 is 1.75. The van der Waals surface area contributed by atoms with Crippen LogP contribution in [0.1, 0.15) is 25.3 Å². The molecular formula is C11H14INO. The minimum atomic E-state index is 0.206. The van der Waals surface area contributed by atoms with Crippen molar-refractivity contribution < 1.29 is 4.79 Å². The molecule has 0 heterocycles. The molecule has 2 nitrogen and oxygen atoms in total.